The zero-order valence-corrected chi connectivity index (χ0v) is 14.6. The number of carbonyl (C=O) groups is 2. The molecule has 0 bridgehead atoms. The Bertz CT molecular complexity index is 536. The van der Waals surface area contributed by atoms with Crippen LogP contribution < -0.4 is 10.2 Å². The van der Waals surface area contributed by atoms with Crippen LogP contribution >= 0.6 is 23.2 Å². The van der Waals surface area contributed by atoms with E-state index in [0.717, 1.165) is 0 Å². The Balaban J connectivity index is 2.66. The summed E-state index contributed by atoms with van der Waals surface area (Å²) >= 11 is 11.9. The molecule has 1 N–H and O–H groups in total. The monoisotopic (exact) mass is 346 g/mol. The molecule has 0 aliphatic carbocycles. The van der Waals surface area contributed by atoms with Crippen molar-refractivity contribution in [2.24, 2.45) is 0 Å². The van der Waals surface area contributed by atoms with E-state index in [1.807, 2.05) is 0 Å². The summed E-state index contributed by atoms with van der Waals surface area (Å²) < 4.78 is 5.13. The number of benzene rings is 1. The van der Waals surface area contributed by atoms with Gasteiger partial charge in [-0.1, -0.05) is 23.2 Å². The number of anilines is 1. The van der Waals surface area contributed by atoms with E-state index in [2.05, 4.69) is 5.32 Å². The van der Waals surface area contributed by atoms with Crippen LogP contribution in [0, 0.1) is 0 Å². The second-order valence-electron chi connectivity index (χ2n) is 5.73. The standard InChI is InChI=1S/C15H20Cl2N2O3/c1-10(20)19(13-8-11(16)7-12(17)9-13)6-5-18-14(21)22-15(2,3)4/h7-9H,5-6H2,1-4H3,(H,18,21). The molecule has 0 fully saturated rings. The van der Waals surface area contributed by atoms with Crippen molar-refractivity contribution >= 4 is 40.9 Å². The van der Waals surface area contributed by atoms with Gasteiger partial charge in [-0.25, -0.2) is 4.79 Å². The molecule has 1 aromatic rings. The van der Waals surface area contributed by atoms with Crippen LogP contribution in [-0.4, -0.2) is 30.7 Å². The Morgan fingerprint density at radius 2 is 1.73 bits per heavy atom. The second-order valence-corrected chi connectivity index (χ2v) is 6.60. The molecule has 0 aliphatic rings. The van der Waals surface area contributed by atoms with Gasteiger partial charge in [0.15, 0.2) is 0 Å². The smallest absolute Gasteiger partial charge is 0.407 e. The summed E-state index contributed by atoms with van der Waals surface area (Å²) in [6.45, 7) is 7.30. The van der Waals surface area contributed by atoms with Gasteiger partial charge in [-0.15, -0.1) is 0 Å². The summed E-state index contributed by atoms with van der Waals surface area (Å²) in [5, 5.41) is 3.48. The molecule has 0 aliphatic heterocycles. The number of rotatable bonds is 4. The largest absolute Gasteiger partial charge is 0.444 e. The normalized spacial score (nSPS) is 11.0. The maximum atomic E-state index is 11.8. The van der Waals surface area contributed by atoms with Crippen molar-refractivity contribution in [3.05, 3.63) is 28.2 Å². The topological polar surface area (TPSA) is 58.6 Å². The van der Waals surface area contributed by atoms with E-state index in [0.29, 0.717) is 15.7 Å². The van der Waals surface area contributed by atoms with E-state index in [9.17, 15) is 9.59 Å². The number of carbonyl (C=O) groups excluding carboxylic acids is 2. The number of nitrogens with zero attached hydrogens (tertiary/aromatic N) is 1. The number of nitrogens with one attached hydrogen (secondary N) is 1. The van der Waals surface area contributed by atoms with Crippen molar-refractivity contribution in [1.29, 1.82) is 0 Å². The number of halogens is 2. The average molecular weight is 347 g/mol. The van der Waals surface area contributed by atoms with E-state index < -0.39 is 11.7 Å². The highest BCUT2D eigenvalue weighted by atomic mass is 35.5. The summed E-state index contributed by atoms with van der Waals surface area (Å²) in [5.74, 6) is -0.177. The van der Waals surface area contributed by atoms with Crippen LogP contribution in [0.3, 0.4) is 0 Å². The maximum absolute atomic E-state index is 11.8. The minimum Gasteiger partial charge on any atom is -0.444 e. The Morgan fingerprint density at radius 3 is 2.18 bits per heavy atom. The minimum atomic E-state index is -0.565. The average Bonchev–Trinajstić information content (AvgIpc) is 2.30. The Labute approximate surface area is 140 Å². The van der Waals surface area contributed by atoms with Crippen molar-refractivity contribution in [3.63, 3.8) is 0 Å². The summed E-state index contributed by atoms with van der Waals surface area (Å²) in [7, 11) is 0. The van der Waals surface area contributed by atoms with Crippen molar-refractivity contribution in [1.82, 2.24) is 5.32 Å². The number of amides is 2. The zero-order chi connectivity index (χ0) is 16.9. The highest BCUT2D eigenvalue weighted by Crippen LogP contribution is 2.25. The van der Waals surface area contributed by atoms with E-state index in [1.54, 1.807) is 39.0 Å². The summed E-state index contributed by atoms with van der Waals surface area (Å²) in [5.41, 5.74) is 0.0150. The van der Waals surface area contributed by atoms with Crippen LogP contribution in [0.4, 0.5) is 10.5 Å². The van der Waals surface area contributed by atoms with Gasteiger partial charge < -0.3 is 15.0 Å². The number of hydrogen-bond acceptors (Lipinski definition) is 3. The quantitative estimate of drug-likeness (QED) is 0.899. The first-order chi connectivity index (χ1) is 10.1. The van der Waals surface area contributed by atoms with Crippen LogP contribution in [-0.2, 0) is 9.53 Å². The van der Waals surface area contributed by atoms with E-state index in [-0.39, 0.29) is 19.0 Å². The molecule has 1 aromatic carbocycles. The summed E-state index contributed by atoms with van der Waals surface area (Å²) in [6.07, 6.45) is -0.528. The van der Waals surface area contributed by atoms with E-state index >= 15 is 0 Å². The molecule has 0 atom stereocenters. The lowest BCUT2D eigenvalue weighted by atomic mass is 10.2. The first-order valence-corrected chi connectivity index (χ1v) is 7.55. The van der Waals surface area contributed by atoms with Gasteiger partial charge in [0.2, 0.25) is 5.91 Å². The van der Waals surface area contributed by atoms with Crippen molar-refractivity contribution < 1.29 is 14.3 Å². The lowest BCUT2D eigenvalue weighted by Gasteiger charge is -2.23. The third kappa shape index (κ3) is 6.54. The van der Waals surface area contributed by atoms with Gasteiger partial charge in [-0.3, -0.25) is 4.79 Å². The highest BCUT2D eigenvalue weighted by molar-refractivity contribution is 6.35. The van der Waals surface area contributed by atoms with Gasteiger partial charge in [0, 0.05) is 35.7 Å². The molecular weight excluding hydrogens is 327 g/mol. The summed E-state index contributed by atoms with van der Waals surface area (Å²) in [4.78, 5) is 24.8. The SMILES string of the molecule is CC(=O)N(CCNC(=O)OC(C)(C)C)c1cc(Cl)cc(Cl)c1. The lowest BCUT2D eigenvalue weighted by molar-refractivity contribution is -0.116. The van der Waals surface area contributed by atoms with Gasteiger partial charge in [-0.05, 0) is 39.0 Å². The highest BCUT2D eigenvalue weighted by Gasteiger charge is 2.17. The van der Waals surface area contributed by atoms with Crippen LogP contribution in [0.2, 0.25) is 10.0 Å². The van der Waals surface area contributed by atoms with Gasteiger partial charge >= 0.3 is 6.09 Å². The van der Waals surface area contributed by atoms with Crippen LogP contribution in [0.25, 0.3) is 0 Å². The fraction of sp³-hybridized carbons (Fsp3) is 0.467. The molecule has 0 spiro atoms. The zero-order valence-electron chi connectivity index (χ0n) is 13.1. The van der Waals surface area contributed by atoms with Crippen molar-refractivity contribution in [2.75, 3.05) is 18.0 Å². The molecule has 0 radical (unpaired) electrons. The third-order valence-corrected chi connectivity index (χ3v) is 2.98. The fourth-order valence-electron chi connectivity index (χ4n) is 1.75. The molecule has 0 heterocycles. The predicted octanol–water partition coefficient (Wildman–Crippen LogP) is 3.87. The van der Waals surface area contributed by atoms with Crippen molar-refractivity contribution in [3.8, 4) is 0 Å². The molecule has 2 amide bonds. The molecule has 1 rings (SSSR count). The Morgan fingerprint density at radius 1 is 1.18 bits per heavy atom. The summed E-state index contributed by atoms with van der Waals surface area (Å²) in [6, 6.07) is 4.87. The maximum Gasteiger partial charge on any atom is 0.407 e. The predicted molar refractivity (Wildman–Crippen MR) is 88.7 cm³/mol. The van der Waals surface area contributed by atoms with Crippen molar-refractivity contribution in [2.45, 2.75) is 33.3 Å². The Kier molecular flexibility index (Phi) is 6.50. The molecule has 122 valence electrons. The molecule has 0 saturated heterocycles. The molecular formula is C15H20Cl2N2O3. The molecule has 22 heavy (non-hydrogen) atoms. The van der Waals surface area contributed by atoms with Crippen LogP contribution in [0.5, 0.6) is 0 Å². The van der Waals surface area contributed by atoms with Crippen LogP contribution in [0.15, 0.2) is 18.2 Å². The number of alkyl carbamates (subject to hydrolysis) is 1. The van der Waals surface area contributed by atoms with E-state index in [4.69, 9.17) is 27.9 Å². The third-order valence-electron chi connectivity index (χ3n) is 2.54. The van der Waals surface area contributed by atoms with Gasteiger partial charge in [0.1, 0.15) is 5.60 Å². The van der Waals surface area contributed by atoms with Gasteiger partial charge in [-0.2, -0.15) is 0 Å². The lowest BCUT2D eigenvalue weighted by Crippen LogP contribution is -2.39. The molecule has 0 saturated carbocycles. The van der Waals surface area contributed by atoms with E-state index in [1.165, 1.54) is 11.8 Å². The fourth-order valence-corrected chi connectivity index (χ4v) is 2.26. The minimum absolute atomic E-state index is 0.177. The molecule has 0 unspecified atom stereocenters. The molecule has 0 aromatic heterocycles. The first kappa shape index (κ1) is 18.6. The molecule has 7 heteroatoms. The first-order valence-electron chi connectivity index (χ1n) is 6.79. The molecule has 5 nitrogen and oxygen atoms in total. The number of hydrogen-bond donors (Lipinski definition) is 1. The Hall–Kier alpha value is -1.46. The van der Waals surface area contributed by atoms with Gasteiger partial charge in [0.25, 0.3) is 0 Å². The number of ether oxygens (including phenoxy) is 1. The second kappa shape index (κ2) is 7.70. The van der Waals surface area contributed by atoms with Gasteiger partial charge in [0.05, 0.1) is 0 Å². The van der Waals surface area contributed by atoms with Crippen LogP contribution in [0.1, 0.15) is 27.7 Å².